The second-order valence-corrected chi connectivity index (χ2v) is 6.71. The third-order valence-corrected chi connectivity index (χ3v) is 4.11. The normalized spacial score (nSPS) is 16.8. The van der Waals surface area contributed by atoms with Crippen LogP contribution in [0.5, 0.6) is 0 Å². The van der Waals surface area contributed by atoms with Gasteiger partial charge in [0.1, 0.15) is 6.10 Å². The van der Waals surface area contributed by atoms with Crippen molar-refractivity contribution in [2.75, 3.05) is 6.61 Å². The fraction of sp³-hybridized carbons (Fsp3) is 0.400. The lowest BCUT2D eigenvalue weighted by atomic mass is 10.2. The van der Waals surface area contributed by atoms with Gasteiger partial charge in [0, 0.05) is 0 Å². The minimum absolute atomic E-state index is 0.508. The molecule has 0 unspecified atom stereocenters. The van der Waals surface area contributed by atoms with Gasteiger partial charge in [0.05, 0.1) is 12.0 Å². The molecule has 0 aromatic heterocycles. The van der Waals surface area contributed by atoms with Crippen molar-refractivity contribution >= 4 is 22.0 Å². The number of hydrogen-bond acceptors (Lipinski definition) is 4. The predicted octanol–water partition coefficient (Wildman–Crippen LogP) is 1.92. The molecule has 2 rings (SSSR count). The first kappa shape index (κ1) is 15.7. The number of amides is 1. The Morgan fingerprint density at radius 3 is 2.67 bits per heavy atom. The van der Waals surface area contributed by atoms with Gasteiger partial charge in [-0.15, -0.1) is 0 Å². The molecular weight excluding hydrogens is 290 g/mol. The van der Waals surface area contributed by atoms with E-state index in [1.54, 1.807) is 31.2 Å². The van der Waals surface area contributed by atoms with Crippen molar-refractivity contribution in [2.24, 2.45) is 5.92 Å². The summed E-state index contributed by atoms with van der Waals surface area (Å²) in [6.07, 6.45) is 2.90. The summed E-state index contributed by atoms with van der Waals surface area (Å²) in [6.45, 7) is 2.06. The molecule has 0 aliphatic heterocycles. The Labute approximate surface area is 125 Å². The van der Waals surface area contributed by atoms with Crippen molar-refractivity contribution in [1.29, 1.82) is 0 Å². The average Bonchev–Trinajstić information content (AvgIpc) is 3.27. The van der Waals surface area contributed by atoms with Crippen LogP contribution < -0.4 is 4.72 Å². The summed E-state index contributed by atoms with van der Waals surface area (Å²) in [4.78, 5) is 11.8. The highest BCUT2D eigenvalue weighted by Crippen LogP contribution is 2.29. The highest BCUT2D eigenvalue weighted by Gasteiger charge is 2.25. The first-order valence-corrected chi connectivity index (χ1v) is 8.42. The fourth-order valence-corrected chi connectivity index (χ4v) is 2.48. The molecule has 114 valence electrons. The van der Waals surface area contributed by atoms with Crippen LogP contribution in [0, 0.1) is 5.92 Å². The van der Waals surface area contributed by atoms with E-state index in [-0.39, 0.29) is 0 Å². The summed E-state index contributed by atoms with van der Waals surface area (Å²) in [6, 6.07) is 8.99. The molecule has 1 saturated carbocycles. The Morgan fingerprint density at radius 2 is 2.05 bits per heavy atom. The second-order valence-electron chi connectivity index (χ2n) is 5.14. The molecule has 0 radical (unpaired) electrons. The standard InChI is InChI=1S/C15H19NO4S/c1-12(20-11-14-7-8-14)15(17)16-21(18,19)10-9-13-5-3-2-4-6-13/h2-6,9-10,12,14H,7-8,11H2,1H3,(H,16,17)/b10-9-/t12-/m0/s1. The molecule has 1 aromatic carbocycles. The molecule has 1 atom stereocenters. The molecule has 1 aromatic rings. The number of nitrogens with one attached hydrogen (secondary N) is 1. The Bertz CT molecular complexity index is 606. The molecule has 21 heavy (non-hydrogen) atoms. The molecule has 0 saturated heterocycles. The van der Waals surface area contributed by atoms with Gasteiger partial charge in [-0.3, -0.25) is 4.79 Å². The molecule has 0 spiro atoms. The van der Waals surface area contributed by atoms with E-state index in [1.165, 1.54) is 6.08 Å². The molecule has 1 amide bonds. The number of rotatable bonds is 7. The minimum atomic E-state index is -3.81. The lowest BCUT2D eigenvalue weighted by molar-refractivity contribution is -0.130. The van der Waals surface area contributed by atoms with Gasteiger partial charge in [-0.25, -0.2) is 13.1 Å². The van der Waals surface area contributed by atoms with E-state index in [0.29, 0.717) is 12.5 Å². The highest BCUT2D eigenvalue weighted by molar-refractivity contribution is 7.93. The quantitative estimate of drug-likeness (QED) is 0.835. The van der Waals surface area contributed by atoms with E-state index < -0.39 is 22.0 Å². The molecular formula is C15H19NO4S. The van der Waals surface area contributed by atoms with Gasteiger partial charge in [0.25, 0.3) is 15.9 Å². The lowest BCUT2D eigenvalue weighted by Crippen LogP contribution is -2.37. The zero-order valence-electron chi connectivity index (χ0n) is 11.9. The van der Waals surface area contributed by atoms with Crippen LogP contribution in [0.25, 0.3) is 6.08 Å². The van der Waals surface area contributed by atoms with Crippen molar-refractivity contribution in [3.05, 3.63) is 41.3 Å². The number of carbonyl (C=O) groups excluding carboxylic acids is 1. The SMILES string of the molecule is C[C@H](OCC1CC1)C(=O)NS(=O)(=O)/C=C\c1ccccc1. The van der Waals surface area contributed by atoms with Crippen LogP contribution in [0.2, 0.25) is 0 Å². The summed E-state index contributed by atoms with van der Waals surface area (Å²) in [7, 11) is -3.81. The van der Waals surface area contributed by atoms with Gasteiger partial charge in [-0.2, -0.15) is 0 Å². The van der Waals surface area contributed by atoms with E-state index in [4.69, 9.17) is 4.74 Å². The van der Waals surface area contributed by atoms with Gasteiger partial charge in [-0.1, -0.05) is 30.3 Å². The third kappa shape index (κ3) is 5.69. The Morgan fingerprint density at radius 1 is 1.38 bits per heavy atom. The van der Waals surface area contributed by atoms with Gasteiger partial charge < -0.3 is 4.74 Å². The van der Waals surface area contributed by atoms with Crippen molar-refractivity contribution in [2.45, 2.75) is 25.9 Å². The van der Waals surface area contributed by atoms with Crippen LogP contribution in [0.1, 0.15) is 25.3 Å². The zero-order chi connectivity index (χ0) is 15.3. The molecule has 1 aliphatic rings. The fourth-order valence-electron chi connectivity index (χ4n) is 1.63. The minimum Gasteiger partial charge on any atom is -0.368 e. The monoisotopic (exact) mass is 309 g/mol. The number of benzene rings is 1. The Kier molecular flexibility index (Phi) is 5.14. The number of carbonyl (C=O) groups is 1. The molecule has 5 nitrogen and oxygen atoms in total. The van der Waals surface area contributed by atoms with Crippen LogP contribution in [-0.2, 0) is 19.6 Å². The van der Waals surface area contributed by atoms with E-state index in [2.05, 4.69) is 0 Å². The largest absolute Gasteiger partial charge is 0.368 e. The second kappa shape index (κ2) is 6.87. The highest BCUT2D eigenvalue weighted by atomic mass is 32.2. The molecule has 1 fully saturated rings. The van der Waals surface area contributed by atoms with Gasteiger partial charge in [-0.05, 0) is 37.3 Å². The van der Waals surface area contributed by atoms with Crippen molar-refractivity contribution in [1.82, 2.24) is 4.72 Å². The van der Waals surface area contributed by atoms with Crippen LogP contribution in [-0.4, -0.2) is 27.0 Å². The summed E-state index contributed by atoms with van der Waals surface area (Å²) >= 11 is 0. The molecule has 0 heterocycles. The molecule has 6 heteroatoms. The van der Waals surface area contributed by atoms with Gasteiger partial charge in [0.15, 0.2) is 0 Å². The van der Waals surface area contributed by atoms with Crippen LogP contribution in [0.15, 0.2) is 35.7 Å². The van der Waals surface area contributed by atoms with E-state index in [0.717, 1.165) is 23.8 Å². The van der Waals surface area contributed by atoms with Crippen LogP contribution in [0.4, 0.5) is 0 Å². The number of hydrogen-bond donors (Lipinski definition) is 1. The topological polar surface area (TPSA) is 72.5 Å². The van der Waals surface area contributed by atoms with Crippen molar-refractivity contribution in [3.63, 3.8) is 0 Å². The summed E-state index contributed by atoms with van der Waals surface area (Å²) < 4.78 is 30.9. The van der Waals surface area contributed by atoms with Gasteiger partial charge >= 0.3 is 0 Å². The van der Waals surface area contributed by atoms with Crippen molar-refractivity contribution < 1.29 is 17.9 Å². The first-order chi connectivity index (χ1) is 9.96. The average molecular weight is 309 g/mol. The maximum Gasteiger partial charge on any atom is 0.262 e. The smallest absolute Gasteiger partial charge is 0.262 e. The summed E-state index contributed by atoms with van der Waals surface area (Å²) in [5.41, 5.74) is 0.744. The van der Waals surface area contributed by atoms with E-state index in [9.17, 15) is 13.2 Å². The van der Waals surface area contributed by atoms with E-state index >= 15 is 0 Å². The lowest BCUT2D eigenvalue weighted by Gasteiger charge is -2.12. The van der Waals surface area contributed by atoms with E-state index in [1.807, 2.05) is 10.8 Å². The molecule has 0 bridgehead atoms. The number of ether oxygens (including phenoxy) is 1. The summed E-state index contributed by atoms with van der Waals surface area (Å²) in [5.74, 6) is -0.122. The third-order valence-electron chi connectivity index (χ3n) is 3.13. The Hall–Kier alpha value is -1.66. The summed E-state index contributed by atoms with van der Waals surface area (Å²) in [5, 5.41) is 0.980. The zero-order valence-corrected chi connectivity index (χ0v) is 12.7. The maximum absolute atomic E-state index is 11.8. The maximum atomic E-state index is 11.8. The van der Waals surface area contributed by atoms with Crippen molar-refractivity contribution in [3.8, 4) is 0 Å². The molecule has 1 N–H and O–H groups in total. The Balaban J connectivity index is 1.87. The first-order valence-electron chi connectivity index (χ1n) is 6.88. The number of sulfonamides is 1. The van der Waals surface area contributed by atoms with Crippen LogP contribution >= 0.6 is 0 Å². The van der Waals surface area contributed by atoms with Crippen LogP contribution in [0.3, 0.4) is 0 Å². The molecule has 1 aliphatic carbocycles. The van der Waals surface area contributed by atoms with Gasteiger partial charge in [0.2, 0.25) is 0 Å². The predicted molar refractivity (Wildman–Crippen MR) is 80.7 cm³/mol.